The summed E-state index contributed by atoms with van der Waals surface area (Å²) in [5.41, 5.74) is 10.7. The first kappa shape index (κ1) is 44.5. The molecule has 4 amide bonds. The summed E-state index contributed by atoms with van der Waals surface area (Å²) in [6, 6.07) is 24.7. The van der Waals surface area contributed by atoms with Crippen LogP contribution in [-0.4, -0.2) is 80.4 Å². The molecule has 0 saturated carbocycles. The lowest BCUT2D eigenvalue weighted by Crippen LogP contribution is -2.57. The first-order chi connectivity index (χ1) is 29.2. The van der Waals surface area contributed by atoms with E-state index in [1.807, 2.05) is 92.7 Å². The van der Waals surface area contributed by atoms with Gasteiger partial charge in [0.25, 0.3) is 5.91 Å². The number of rotatable bonds is 18. The minimum absolute atomic E-state index is 0.0156. The summed E-state index contributed by atoms with van der Waals surface area (Å²) in [5.74, 6) is -3.46. The molecule has 3 N–H and O–H groups in total. The Bertz CT molecular complexity index is 1850. The molecule has 13 heteroatoms. The second-order valence-corrected chi connectivity index (χ2v) is 16.1. The number of ether oxygens (including phenoxy) is 4. The molecule has 0 radical (unpaired) electrons. The summed E-state index contributed by atoms with van der Waals surface area (Å²) in [4.78, 5) is 61.6. The van der Waals surface area contributed by atoms with Crippen molar-refractivity contribution in [3.63, 3.8) is 0 Å². The number of hydrogen-bond donors (Lipinski definition) is 3. The van der Waals surface area contributed by atoms with E-state index < -0.39 is 54.3 Å². The second kappa shape index (κ2) is 22.5. The molecule has 2 aliphatic heterocycles. The summed E-state index contributed by atoms with van der Waals surface area (Å²) < 4.78 is 23.1. The number of nitrogens with zero attached hydrogens (tertiary/aromatic N) is 1. The maximum Gasteiger partial charge on any atom is 0.407 e. The van der Waals surface area contributed by atoms with E-state index in [2.05, 4.69) is 28.4 Å². The van der Waals surface area contributed by atoms with Crippen LogP contribution in [0.5, 0.6) is 0 Å². The highest BCUT2D eigenvalue weighted by Crippen LogP contribution is 2.44. The Morgan fingerprint density at radius 3 is 2.05 bits per heavy atom. The van der Waals surface area contributed by atoms with E-state index in [1.165, 1.54) is 6.92 Å². The van der Waals surface area contributed by atoms with Gasteiger partial charge >= 0.3 is 6.09 Å². The molecular formula is C47H60N4O9. The second-order valence-electron chi connectivity index (χ2n) is 16.1. The van der Waals surface area contributed by atoms with Crippen LogP contribution >= 0.6 is 0 Å². The molecule has 2 unspecified atom stereocenters. The normalized spacial score (nSPS) is 19.1. The van der Waals surface area contributed by atoms with Crippen molar-refractivity contribution in [1.82, 2.24) is 21.2 Å². The Kier molecular flexibility index (Phi) is 16.7. The molecule has 60 heavy (non-hydrogen) atoms. The fourth-order valence-corrected chi connectivity index (χ4v) is 8.00. The van der Waals surface area contributed by atoms with Gasteiger partial charge in [0.1, 0.15) is 12.6 Å². The topological polar surface area (TPSA) is 154 Å². The number of fused-ring (bicyclic) bond motifs is 3. The number of carbonyl (C=O) groups is 4. The highest BCUT2D eigenvalue weighted by atomic mass is 16.8. The molecule has 0 aromatic heterocycles. The maximum atomic E-state index is 14.5. The molecule has 322 valence electrons. The summed E-state index contributed by atoms with van der Waals surface area (Å²) in [6.07, 6.45) is 7.68. The number of hydrogen-bond acceptors (Lipinski definition) is 9. The summed E-state index contributed by atoms with van der Waals surface area (Å²) in [5, 5.41) is 3.83. The molecule has 13 nitrogen and oxygen atoms in total. The third-order valence-corrected chi connectivity index (χ3v) is 11.1. The van der Waals surface area contributed by atoms with Crippen molar-refractivity contribution < 1.29 is 43.0 Å². The quantitative estimate of drug-likeness (QED) is 0.112. The smallest absolute Gasteiger partial charge is 0.407 e. The number of allylic oxidation sites excluding steroid dienone is 1. The molecule has 0 bridgehead atoms. The van der Waals surface area contributed by atoms with Crippen LogP contribution in [0.4, 0.5) is 4.79 Å². The van der Waals surface area contributed by atoms with Crippen molar-refractivity contribution >= 4 is 29.9 Å². The molecule has 6 rings (SSSR count). The van der Waals surface area contributed by atoms with E-state index in [0.717, 1.165) is 64.9 Å². The Morgan fingerprint density at radius 2 is 1.42 bits per heavy atom. The number of hydroxylamine groups is 1. The highest BCUT2D eigenvalue weighted by Gasteiger charge is 2.37. The van der Waals surface area contributed by atoms with Crippen LogP contribution in [0.2, 0.25) is 0 Å². The van der Waals surface area contributed by atoms with Crippen LogP contribution in [0.15, 0.2) is 84.9 Å². The summed E-state index contributed by atoms with van der Waals surface area (Å²) in [6.45, 7) is 6.70. The average Bonchev–Trinajstić information content (AvgIpc) is 3.59. The van der Waals surface area contributed by atoms with Gasteiger partial charge in [0.05, 0.1) is 25.0 Å². The number of amides is 4. The van der Waals surface area contributed by atoms with Gasteiger partial charge in [-0.2, -0.15) is 0 Å². The van der Waals surface area contributed by atoms with Gasteiger partial charge in [-0.25, -0.2) is 20.1 Å². The van der Waals surface area contributed by atoms with Crippen LogP contribution in [0, 0.1) is 17.8 Å². The Balaban J connectivity index is 1.15. The predicted molar refractivity (Wildman–Crippen MR) is 226 cm³/mol. The molecule has 2 heterocycles. The van der Waals surface area contributed by atoms with Crippen molar-refractivity contribution in [2.75, 3.05) is 33.0 Å². The van der Waals surface area contributed by atoms with Crippen LogP contribution in [0.1, 0.15) is 94.7 Å². The molecule has 2 fully saturated rings. The maximum absolute atomic E-state index is 14.5. The van der Waals surface area contributed by atoms with Gasteiger partial charge < -0.3 is 24.3 Å². The minimum Gasteiger partial charge on any atom is -0.449 e. The molecule has 3 aromatic carbocycles. The van der Waals surface area contributed by atoms with Gasteiger partial charge in [-0.1, -0.05) is 105 Å². The Morgan fingerprint density at radius 1 is 0.783 bits per heavy atom. The Hall–Kier alpha value is -5.08. The lowest BCUT2D eigenvalue weighted by atomic mass is 9.82. The van der Waals surface area contributed by atoms with Crippen LogP contribution in [0.3, 0.4) is 0 Å². The average molecular weight is 825 g/mol. The van der Waals surface area contributed by atoms with E-state index in [-0.39, 0.29) is 38.0 Å². The third-order valence-electron chi connectivity index (χ3n) is 11.1. The molecule has 3 aromatic rings. The van der Waals surface area contributed by atoms with Gasteiger partial charge in [0, 0.05) is 25.6 Å². The molecule has 2 saturated heterocycles. The molecule has 5 atom stereocenters. The number of nitrogens with one attached hydrogen (secondary N) is 3. The first-order valence-corrected chi connectivity index (χ1v) is 21.4. The van der Waals surface area contributed by atoms with Gasteiger partial charge in [-0.05, 0) is 85.6 Å². The van der Waals surface area contributed by atoms with Crippen molar-refractivity contribution in [2.24, 2.45) is 17.8 Å². The first-order valence-electron chi connectivity index (χ1n) is 21.4. The van der Waals surface area contributed by atoms with E-state index >= 15 is 0 Å². The van der Waals surface area contributed by atoms with Gasteiger partial charge in [-0.3, -0.25) is 19.8 Å². The highest BCUT2D eigenvalue weighted by molar-refractivity contribution is 5.91. The zero-order valence-electron chi connectivity index (χ0n) is 35.0. The van der Waals surface area contributed by atoms with E-state index in [9.17, 15) is 19.2 Å². The SMILES string of the molecule is CC(C)C[C@@H](C(=O)NN(CCOC1CCCCO1)C(=O)[C@@H](C)NC(=O)OCC1c2ccccc2-c2ccccc21)[C@H](CC=Cc1ccccc1)C(=O)NOC1CCCCO1. The minimum atomic E-state index is -1.09. The largest absolute Gasteiger partial charge is 0.449 e. The fourth-order valence-electron chi connectivity index (χ4n) is 8.00. The van der Waals surface area contributed by atoms with Crippen molar-refractivity contribution in [3.05, 3.63) is 102 Å². The lowest BCUT2D eigenvalue weighted by molar-refractivity contribution is -0.203. The zero-order valence-corrected chi connectivity index (χ0v) is 35.0. The molecule has 3 aliphatic rings. The molecular weight excluding hydrogens is 765 g/mol. The van der Waals surface area contributed by atoms with Gasteiger partial charge in [-0.15, -0.1) is 0 Å². The predicted octanol–water partition coefficient (Wildman–Crippen LogP) is 7.27. The van der Waals surface area contributed by atoms with Crippen LogP contribution < -0.4 is 16.2 Å². The van der Waals surface area contributed by atoms with Gasteiger partial charge in [0.2, 0.25) is 11.8 Å². The Labute approximate surface area is 353 Å². The van der Waals surface area contributed by atoms with Crippen molar-refractivity contribution in [1.29, 1.82) is 0 Å². The van der Waals surface area contributed by atoms with Crippen molar-refractivity contribution in [2.45, 2.75) is 96.7 Å². The lowest BCUT2D eigenvalue weighted by Gasteiger charge is -2.32. The molecule has 0 spiro atoms. The zero-order chi connectivity index (χ0) is 42.3. The van der Waals surface area contributed by atoms with Crippen LogP contribution in [-0.2, 0) is 38.2 Å². The van der Waals surface area contributed by atoms with Gasteiger partial charge in [0.15, 0.2) is 12.6 Å². The number of benzene rings is 3. The fraction of sp³-hybridized carbons (Fsp3) is 0.489. The van der Waals surface area contributed by atoms with Crippen LogP contribution in [0.25, 0.3) is 17.2 Å². The molecule has 1 aliphatic carbocycles. The summed E-state index contributed by atoms with van der Waals surface area (Å²) >= 11 is 0. The number of alkyl carbamates (subject to hydrolysis) is 1. The number of carbonyl (C=O) groups excluding carboxylic acids is 4. The summed E-state index contributed by atoms with van der Waals surface area (Å²) in [7, 11) is 0. The van der Waals surface area contributed by atoms with Crippen molar-refractivity contribution in [3.8, 4) is 11.1 Å². The third kappa shape index (κ3) is 12.5. The van der Waals surface area contributed by atoms with E-state index in [4.69, 9.17) is 23.8 Å². The van der Waals surface area contributed by atoms with E-state index in [0.29, 0.717) is 26.1 Å². The van der Waals surface area contributed by atoms with E-state index in [1.54, 1.807) is 0 Å². The monoisotopic (exact) mass is 824 g/mol. The standard InChI is InChI=1S/C47H60N4O9/c1-32(2)30-40(39(23-15-18-34-16-5-4-6-17-34)45(53)50-60-43-25-12-14-28-57-43)44(52)49-51(26-29-58-42-24-11-13-27-56-42)46(54)33(3)48-47(55)59-31-41-37-21-9-7-19-35(37)36-20-8-10-22-38(36)41/h4-10,15-22,32-33,39-43H,11-14,23-31H2,1-3H3,(H,48,55)(H,49,52)(H,50,53)/t33-,39+,40-,42?,43?/m1/s1. The number of hydrazine groups is 1.